The van der Waals surface area contributed by atoms with Gasteiger partial charge >= 0.3 is 0 Å². The lowest BCUT2D eigenvalue weighted by molar-refractivity contribution is 0.0922. The molecule has 0 saturated heterocycles. The Hall–Kier alpha value is -1.23. The quantitative estimate of drug-likeness (QED) is 0.694. The summed E-state index contributed by atoms with van der Waals surface area (Å²) in [5.74, 6) is 0.0637. The van der Waals surface area contributed by atoms with Gasteiger partial charge in [0.25, 0.3) is 0 Å². The van der Waals surface area contributed by atoms with Gasteiger partial charge in [0.15, 0.2) is 5.78 Å². The number of aromatic nitrogens is 3. The van der Waals surface area contributed by atoms with Crippen LogP contribution in [0.1, 0.15) is 30.8 Å². The largest absolute Gasteiger partial charge is 0.329 e. The van der Waals surface area contributed by atoms with E-state index >= 15 is 0 Å². The minimum absolute atomic E-state index is 0.0121. The summed E-state index contributed by atoms with van der Waals surface area (Å²) in [6.07, 6.45) is 2.48. The number of carbonyl (C=O) groups is 1. The molecule has 1 rings (SSSR count). The lowest BCUT2D eigenvalue weighted by Gasteiger charge is -2.02. The third-order valence-corrected chi connectivity index (χ3v) is 2.21. The Kier molecular flexibility index (Phi) is 3.76. The van der Waals surface area contributed by atoms with Gasteiger partial charge in [-0.3, -0.25) is 9.48 Å². The topological polar surface area (TPSA) is 73.8 Å². The van der Waals surface area contributed by atoms with Crippen molar-refractivity contribution < 1.29 is 4.79 Å². The monoisotopic (exact) mass is 196 g/mol. The Labute approximate surface area is 83.3 Å². The van der Waals surface area contributed by atoms with E-state index in [4.69, 9.17) is 5.73 Å². The Morgan fingerprint density at radius 1 is 1.71 bits per heavy atom. The molecule has 0 aliphatic heterocycles. The average molecular weight is 196 g/mol. The maximum absolute atomic E-state index is 11.6. The maximum Gasteiger partial charge on any atom is 0.187 e. The number of nitrogens with zero attached hydrogens (tertiary/aromatic N) is 3. The minimum Gasteiger partial charge on any atom is -0.329 e. The Morgan fingerprint density at radius 2 is 2.43 bits per heavy atom. The second-order valence-electron chi connectivity index (χ2n) is 3.33. The van der Waals surface area contributed by atoms with Gasteiger partial charge in [0, 0.05) is 12.5 Å². The van der Waals surface area contributed by atoms with Gasteiger partial charge in [0.2, 0.25) is 0 Å². The summed E-state index contributed by atoms with van der Waals surface area (Å²) in [5.41, 5.74) is 5.80. The van der Waals surface area contributed by atoms with Gasteiger partial charge in [-0.25, -0.2) is 0 Å². The molecule has 2 N–H and O–H groups in total. The summed E-state index contributed by atoms with van der Waals surface area (Å²) in [7, 11) is 0. The molecule has 0 spiro atoms. The normalized spacial score (nSPS) is 12.8. The van der Waals surface area contributed by atoms with Crippen molar-refractivity contribution in [2.45, 2.75) is 26.8 Å². The number of Topliss-reactive ketones (excluding diaryl/α,β-unsaturated/α-hetero) is 1. The standard InChI is InChI=1S/C9H16N4O/c1-3-7(2)9(14)8-6-13(5-4-10)12-11-8/h6-7H,3-5,10H2,1-2H3. The van der Waals surface area contributed by atoms with E-state index in [1.807, 2.05) is 13.8 Å². The molecule has 0 aliphatic carbocycles. The SMILES string of the molecule is CCC(C)C(=O)c1cn(CCN)nn1. The van der Waals surface area contributed by atoms with Crippen LogP contribution in [0.15, 0.2) is 6.20 Å². The zero-order chi connectivity index (χ0) is 10.6. The number of hydrogen-bond donors (Lipinski definition) is 1. The Morgan fingerprint density at radius 3 is 3.00 bits per heavy atom. The van der Waals surface area contributed by atoms with E-state index in [2.05, 4.69) is 10.3 Å². The number of nitrogens with two attached hydrogens (primary N) is 1. The highest BCUT2D eigenvalue weighted by Gasteiger charge is 2.16. The predicted molar refractivity (Wildman–Crippen MR) is 52.9 cm³/mol. The molecule has 0 radical (unpaired) electrons. The molecule has 0 saturated carbocycles. The molecule has 1 atom stereocenters. The second kappa shape index (κ2) is 4.85. The fourth-order valence-corrected chi connectivity index (χ4v) is 1.09. The lowest BCUT2D eigenvalue weighted by atomic mass is 10.0. The van der Waals surface area contributed by atoms with E-state index in [0.717, 1.165) is 6.42 Å². The van der Waals surface area contributed by atoms with Crippen molar-refractivity contribution in [1.29, 1.82) is 0 Å². The Bertz CT molecular complexity index is 308. The van der Waals surface area contributed by atoms with Crippen LogP contribution < -0.4 is 5.73 Å². The van der Waals surface area contributed by atoms with E-state index in [9.17, 15) is 4.79 Å². The third-order valence-electron chi connectivity index (χ3n) is 2.21. The van der Waals surface area contributed by atoms with Crippen molar-refractivity contribution in [3.05, 3.63) is 11.9 Å². The van der Waals surface area contributed by atoms with Crippen LogP contribution in [-0.4, -0.2) is 27.3 Å². The number of carbonyl (C=O) groups excluding carboxylic acids is 1. The molecule has 0 bridgehead atoms. The van der Waals surface area contributed by atoms with Crippen molar-refractivity contribution >= 4 is 5.78 Å². The average Bonchev–Trinajstić information content (AvgIpc) is 2.64. The van der Waals surface area contributed by atoms with Crippen molar-refractivity contribution in [3.8, 4) is 0 Å². The second-order valence-corrected chi connectivity index (χ2v) is 3.33. The zero-order valence-electron chi connectivity index (χ0n) is 8.60. The van der Waals surface area contributed by atoms with E-state index < -0.39 is 0 Å². The van der Waals surface area contributed by atoms with Crippen molar-refractivity contribution in [1.82, 2.24) is 15.0 Å². The van der Waals surface area contributed by atoms with Crippen LogP contribution in [0.3, 0.4) is 0 Å². The first kappa shape index (κ1) is 10.8. The predicted octanol–water partition coefficient (Wildman–Crippen LogP) is 0.466. The molecular formula is C9H16N4O. The van der Waals surface area contributed by atoms with Crippen LogP contribution in [0.25, 0.3) is 0 Å². The van der Waals surface area contributed by atoms with Crippen molar-refractivity contribution in [3.63, 3.8) is 0 Å². The summed E-state index contributed by atoms with van der Waals surface area (Å²) in [6.45, 7) is 4.97. The van der Waals surface area contributed by atoms with Crippen LogP contribution in [-0.2, 0) is 6.54 Å². The first-order chi connectivity index (χ1) is 6.69. The van der Waals surface area contributed by atoms with Gasteiger partial charge in [-0.1, -0.05) is 19.1 Å². The highest BCUT2D eigenvalue weighted by Crippen LogP contribution is 2.08. The van der Waals surface area contributed by atoms with Gasteiger partial charge in [-0.2, -0.15) is 0 Å². The summed E-state index contributed by atoms with van der Waals surface area (Å²) in [6, 6.07) is 0. The van der Waals surface area contributed by atoms with Gasteiger partial charge in [-0.05, 0) is 6.42 Å². The minimum atomic E-state index is 0.0121. The van der Waals surface area contributed by atoms with Crippen molar-refractivity contribution in [2.24, 2.45) is 11.7 Å². The number of ketones is 1. The molecular weight excluding hydrogens is 180 g/mol. The highest BCUT2D eigenvalue weighted by molar-refractivity contribution is 5.95. The summed E-state index contributed by atoms with van der Waals surface area (Å²) in [5, 5.41) is 7.62. The summed E-state index contributed by atoms with van der Waals surface area (Å²) < 4.78 is 1.59. The van der Waals surface area contributed by atoms with E-state index in [-0.39, 0.29) is 11.7 Å². The zero-order valence-corrected chi connectivity index (χ0v) is 8.60. The molecule has 78 valence electrons. The van der Waals surface area contributed by atoms with Crippen LogP contribution in [0.2, 0.25) is 0 Å². The molecule has 0 fully saturated rings. The summed E-state index contributed by atoms with van der Waals surface area (Å²) >= 11 is 0. The van der Waals surface area contributed by atoms with Crippen LogP contribution in [0.5, 0.6) is 0 Å². The van der Waals surface area contributed by atoms with Crippen LogP contribution in [0, 0.1) is 5.92 Å². The summed E-state index contributed by atoms with van der Waals surface area (Å²) in [4.78, 5) is 11.6. The smallest absolute Gasteiger partial charge is 0.187 e. The Balaban J connectivity index is 2.71. The lowest BCUT2D eigenvalue weighted by Crippen LogP contribution is -2.11. The van der Waals surface area contributed by atoms with Gasteiger partial charge in [-0.15, -0.1) is 5.10 Å². The third kappa shape index (κ3) is 2.38. The molecule has 1 unspecified atom stereocenters. The molecule has 1 heterocycles. The molecule has 5 heteroatoms. The fourth-order valence-electron chi connectivity index (χ4n) is 1.09. The highest BCUT2D eigenvalue weighted by atomic mass is 16.1. The number of rotatable bonds is 5. The van der Waals surface area contributed by atoms with Crippen LogP contribution in [0.4, 0.5) is 0 Å². The molecule has 1 aromatic rings. The first-order valence-electron chi connectivity index (χ1n) is 4.83. The van der Waals surface area contributed by atoms with Gasteiger partial charge < -0.3 is 5.73 Å². The van der Waals surface area contributed by atoms with Crippen molar-refractivity contribution in [2.75, 3.05) is 6.54 Å². The van der Waals surface area contributed by atoms with E-state index in [1.165, 1.54) is 0 Å². The number of hydrogen-bond acceptors (Lipinski definition) is 4. The molecule has 0 aromatic carbocycles. The van der Waals surface area contributed by atoms with Crippen LogP contribution >= 0.6 is 0 Å². The molecule has 1 aromatic heterocycles. The fraction of sp³-hybridized carbons (Fsp3) is 0.667. The van der Waals surface area contributed by atoms with E-state index in [0.29, 0.717) is 18.8 Å². The molecule has 0 amide bonds. The van der Waals surface area contributed by atoms with E-state index in [1.54, 1.807) is 10.9 Å². The maximum atomic E-state index is 11.6. The first-order valence-corrected chi connectivity index (χ1v) is 4.83. The van der Waals surface area contributed by atoms with Gasteiger partial charge in [0.05, 0.1) is 12.7 Å². The van der Waals surface area contributed by atoms with Gasteiger partial charge in [0.1, 0.15) is 5.69 Å². The molecule has 5 nitrogen and oxygen atoms in total. The molecule has 14 heavy (non-hydrogen) atoms. The molecule has 0 aliphatic rings.